The highest BCUT2D eigenvalue weighted by molar-refractivity contribution is 7.17. The van der Waals surface area contributed by atoms with Gasteiger partial charge in [0.05, 0.1) is 28.9 Å². The maximum atomic E-state index is 13.3. The van der Waals surface area contributed by atoms with E-state index in [9.17, 15) is 14.4 Å². The van der Waals surface area contributed by atoms with Crippen LogP contribution < -0.4 is 9.80 Å². The van der Waals surface area contributed by atoms with Crippen LogP contribution in [-0.2, 0) is 20.8 Å². The Morgan fingerprint density at radius 2 is 1.72 bits per heavy atom. The van der Waals surface area contributed by atoms with E-state index >= 15 is 0 Å². The Labute approximate surface area is 217 Å². The number of thiophene rings is 1. The Kier molecular flexibility index (Phi) is 7.22. The zero-order chi connectivity index (χ0) is 25.1. The van der Waals surface area contributed by atoms with Crippen molar-refractivity contribution < 1.29 is 23.9 Å². The van der Waals surface area contributed by atoms with Gasteiger partial charge < -0.3 is 19.3 Å². The van der Waals surface area contributed by atoms with Gasteiger partial charge in [-0.25, -0.2) is 4.79 Å². The summed E-state index contributed by atoms with van der Waals surface area (Å²) in [6, 6.07) is 20.3. The van der Waals surface area contributed by atoms with Crippen molar-refractivity contribution >= 4 is 52.2 Å². The van der Waals surface area contributed by atoms with E-state index in [-0.39, 0.29) is 25.0 Å². The lowest BCUT2D eigenvalue weighted by molar-refractivity contribution is -0.125. The van der Waals surface area contributed by atoms with Crippen LogP contribution in [0.15, 0.2) is 66.7 Å². The minimum atomic E-state index is -0.499. The van der Waals surface area contributed by atoms with Crippen LogP contribution in [0.25, 0.3) is 0 Å². The number of benzene rings is 2. The number of carbonyl (C=O) groups is 3. The van der Waals surface area contributed by atoms with Crippen LogP contribution in [0, 0.1) is 0 Å². The first kappa shape index (κ1) is 24.3. The number of carbonyl (C=O) groups excluding carboxylic acids is 3. The molecule has 186 valence electrons. The molecule has 2 aliphatic heterocycles. The fraction of sp³-hybridized carbons (Fsp3) is 0.269. The van der Waals surface area contributed by atoms with Gasteiger partial charge in [0.2, 0.25) is 0 Å². The lowest BCUT2D eigenvalue weighted by Gasteiger charge is -2.27. The number of cyclic esters (lactones) is 1. The van der Waals surface area contributed by atoms with Gasteiger partial charge in [0.1, 0.15) is 12.7 Å². The van der Waals surface area contributed by atoms with Gasteiger partial charge in [0, 0.05) is 24.5 Å². The number of hydrogen-bond acceptors (Lipinski definition) is 6. The van der Waals surface area contributed by atoms with Gasteiger partial charge in [-0.2, -0.15) is 0 Å². The molecule has 1 unspecified atom stereocenters. The molecular weight excluding hydrogens is 502 g/mol. The lowest BCUT2D eigenvalue weighted by atomic mass is 10.2. The van der Waals surface area contributed by atoms with Crippen LogP contribution in [0.3, 0.4) is 0 Å². The molecule has 3 amide bonds. The second-order valence-corrected chi connectivity index (χ2v) is 10.2. The highest BCUT2D eigenvalue weighted by atomic mass is 35.5. The van der Waals surface area contributed by atoms with E-state index in [1.54, 1.807) is 39.0 Å². The first-order chi connectivity index (χ1) is 17.5. The standard InChI is InChI=1S/C26H24ClN3O5S/c27-23-11-10-22(36-23)25(32)28(14-18-4-2-1-3-5-18)15-21-16-30(26(33)35-21)20-8-6-19(7-9-20)29-12-13-34-17-24(29)31/h1-11,21H,12-17H2. The largest absolute Gasteiger partial charge is 0.442 e. The van der Waals surface area contributed by atoms with Gasteiger partial charge in [0.15, 0.2) is 0 Å². The number of halogens is 1. The van der Waals surface area contributed by atoms with Crippen molar-refractivity contribution in [2.24, 2.45) is 0 Å². The van der Waals surface area contributed by atoms with Gasteiger partial charge in [-0.05, 0) is 42.0 Å². The van der Waals surface area contributed by atoms with E-state index in [1.165, 1.54) is 11.3 Å². The van der Waals surface area contributed by atoms with Gasteiger partial charge >= 0.3 is 6.09 Å². The van der Waals surface area contributed by atoms with Crippen LogP contribution in [0.1, 0.15) is 15.2 Å². The Bertz CT molecular complexity index is 1250. The third kappa shape index (κ3) is 5.38. The van der Waals surface area contributed by atoms with Crippen molar-refractivity contribution in [1.82, 2.24) is 4.90 Å². The second kappa shape index (κ2) is 10.7. The molecule has 8 nitrogen and oxygen atoms in total. The van der Waals surface area contributed by atoms with Crippen LogP contribution in [0.4, 0.5) is 16.2 Å². The molecular formula is C26H24ClN3O5S. The fourth-order valence-corrected chi connectivity index (χ4v) is 5.30. The van der Waals surface area contributed by atoms with Crippen LogP contribution in [0.5, 0.6) is 0 Å². The number of hydrogen-bond donors (Lipinski definition) is 0. The van der Waals surface area contributed by atoms with Crippen LogP contribution in [-0.4, -0.2) is 61.8 Å². The first-order valence-corrected chi connectivity index (χ1v) is 12.7. The Hall–Kier alpha value is -3.40. The Balaban J connectivity index is 1.29. The van der Waals surface area contributed by atoms with Crippen LogP contribution >= 0.6 is 22.9 Å². The highest BCUT2D eigenvalue weighted by Gasteiger charge is 2.35. The smallest absolute Gasteiger partial charge is 0.414 e. The Morgan fingerprint density at radius 1 is 1.00 bits per heavy atom. The minimum Gasteiger partial charge on any atom is -0.442 e. The van der Waals surface area contributed by atoms with E-state index in [2.05, 4.69) is 0 Å². The van der Waals surface area contributed by atoms with Crippen molar-refractivity contribution in [3.8, 4) is 0 Å². The predicted molar refractivity (Wildman–Crippen MR) is 138 cm³/mol. The first-order valence-electron chi connectivity index (χ1n) is 11.5. The molecule has 0 N–H and O–H groups in total. The maximum Gasteiger partial charge on any atom is 0.414 e. The molecule has 3 heterocycles. The van der Waals surface area contributed by atoms with E-state index in [4.69, 9.17) is 21.1 Å². The summed E-state index contributed by atoms with van der Waals surface area (Å²) in [5.41, 5.74) is 2.39. The molecule has 36 heavy (non-hydrogen) atoms. The van der Waals surface area contributed by atoms with Gasteiger partial charge in [0.25, 0.3) is 11.8 Å². The summed E-state index contributed by atoms with van der Waals surface area (Å²) in [6.45, 7) is 1.98. The summed E-state index contributed by atoms with van der Waals surface area (Å²) in [5.74, 6) is -0.255. The monoisotopic (exact) mass is 525 g/mol. The summed E-state index contributed by atoms with van der Waals surface area (Å²) in [5, 5.41) is 0. The summed E-state index contributed by atoms with van der Waals surface area (Å²) < 4.78 is 11.4. The summed E-state index contributed by atoms with van der Waals surface area (Å²) in [6.07, 6.45) is -0.970. The van der Waals surface area contributed by atoms with E-state index in [0.29, 0.717) is 41.1 Å². The molecule has 1 aromatic heterocycles. The van der Waals surface area contributed by atoms with E-state index in [0.717, 1.165) is 11.3 Å². The summed E-state index contributed by atoms with van der Waals surface area (Å²) in [4.78, 5) is 43.5. The zero-order valence-electron chi connectivity index (χ0n) is 19.3. The highest BCUT2D eigenvalue weighted by Crippen LogP contribution is 2.27. The number of anilines is 2. The third-order valence-electron chi connectivity index (χ3n) is 6.04. The topological polar surface area (TPSA) is 79.4 Å². The predicted octanol–water partition coefficient (Wildman–Crippen LogP) is 4.43. The SMILES string of the molecule is O=C(c1ccc(Cl)s1)N(Cc1ccccc1)CC1CN(c2ccc(N3CCOCC3=O)cc2)C(=O)O1. The molecule has 3 aromatic rings. The number of amides is 3. The van der Waals surface area contributed by atoms with Crippen LogP contribution in [0.2, 0.25) is 4.34 Å². The zero-order valence-corrected chi connectivity index (χ0v) is 20.9. The van der Waals surface area contributed by atoms with E-state index < -0.39 is 12.2 Å². The summed E-state index contributed by atoms with van der Waals surface area (Å²) >= 11 is 7.28. The molecule has 1 atom stereocenters. The van der Waals surface area contributed by atoms with Crippen molar-refractivity contribution in [2.45, 2.75) is 12.6 Å². The van der Waals surface area contributed by atoms with Crippen molar-refractivity contribution in [3.05, 3.63) is 81.5 Å². The van der Waals surface area contributed by atoms with Gasteiger partial charge in [-0.3, -0.25) is 14.5 Å². The van der Waals surface area contributed by atoms with E-state index in [1.807, 2.05) is 42.5 Å². The number of nitrogens with zero attached hydrogens (tertiary/aromatic N) is 3. The Morgan fingerprint density at radius 3 is 2.39 bits per heavy atom. The molecule has 0 radical (unpaired) electrons. The molecule has 0 spiro atoms. The molecule has 5 rings (SSSR count). The normalized spacial score (nSPS) is 17.9. The minimum absolute atomic E-state index is 0.0672. The van der Waals surface area contributed by atoms with Gasteiger partial charge in [-0.1, -0.05) is 41.9 Å². The quantitative estimate of drug-likeness (QED) is 0.456. The maximum absolute atomic E-state index is 13.3. The molecule has 2 fully saturated rings. The molecule has 0 aliphatic carbocycles. The van der Waals surface area contributed by atoms with Gasteiger partial charge in [-0.15, -0.1) is 11.3 Å². The van der Waals surface area contributed by atoms with Crippen molar-refractivity contribution in [3.63, 3.8) is 0 Å². The average molecular weight is 526 g/mol. The third-order valence-corrected chi connectivity index (χ3v) is 7.26. The lowest BCUT2D eigenvalue weighted by Crippen LogP contribution is -2.41. The second-order valence-electron chi connectivity index (χ2n) is 8.51. The van der Waals surface area contributed by atoms with Crippen molar-refractivity contribution in [2.75, 3.05) is 42.6 Å². The molecule has 0 bridgehead atoms. The molecule has 2 saturated heterocycles. The molecule has 0 saturated carbocycles. The van der Waals surface area contributed by atoms with Crippen molar-refractivity contribution in [1.29, 1.82) is 0 Å². The molecule has 10 heteroatoms. The molecule has 2 aromatic carbocycles. The average Bonchev–Trinajstić information content (AvgIpc) is 3.49. The summed E-state index contributed by atoms with van der Waals surface area (Å²) in [7, 11) is 0. The number of ether oxygens (including phenoxy) is 2. The number of morpholine rings is 1. The number of rotatable bonds is 7. The molecule has 2 aliphatic rings. The fourth-order valence-electron chi connectivity index (χ4n) is 4.28.